The number of benzene rings is 1. The van der Waals surface area contributed by atoms with Gasteiger partial charge in [0.15, 0.2) is 0 Å². The third-order valence-corrected chi connectivity index (χ3v) is 9.49. The molecule has 5 rings (SSSR count). The molecule has 1 saturated heterocycles. The predicted octanol–water partition coefficient (Wildman–Crippen LogP) is 3.09. The molecule has 2 fully saturated rings. The molecule has 1 amide bonds. The Bertz CT molecular complexity index is 1180. The second-order valence-corrected chi connectivity index (χ2v) is 12.3. The normalized spacial score (nSPS) is 25.9. The molecular formula is C25H36N4O4S. The number of piperidine rings is 1. The molecule has 2 atom stereocenters. The Hall–Kier alpha value is -2.39. The van der Waals surface area contributed by atoms with E-state index < -0.39 is 10.0 Å². The second-order valence-electron chi connectivity index (χ2n) is 10.7. The summed E-state index contributed by atoms with van der Waals surface area (Å²) in [4.78, 5) is 15.4. The molecule has 8 nitrogen and oxygen atoms in total. The number of aryl methyl sites for hydroxylation is 1. The van der Waals surface area contributed by atoms with Crippen molar-refractivity contribution in [3.63, 3.8) is 0 Å². The van der Waals surface area contributed by atoms with Crippen molar-refractivity contribution in [2.75, 3.05) is 6.54 Å². The summed E-state index contributed by atoms with van der Waals surface area (Å²) in [6.45, 7) is 7.82. The number of sulfonamides is 1. The lowest BCUT2D eigenvalue weighted by Crippen LogP contribution is -2.65. The van der Waals surface area contributed by atoms with Crippen molar-refractivity contribution in [1.29, 1.82) is 0 Å². The summed E-state index contributed by atoms with van der Waals surface area (Å²) in [6, 6.07) is 6.12. The molecule has 2 unspecified atom stereocenters. The topological polar surface area (TPSA) is 119 Å². The summed E-state index contributed by atoms with van der Waals surface area (Å²) in [5.41, 5.74) is 2.38. The van der Waals surface area contributed by atoms with Crippen LogP contribution in [0.3, 0.4) is 0 Å². The first-order valence-corrected chi connectivity index (χ1v) is 13.5. The second kappa shape index (κ2) is 8.68. The van der Waals surface area contributed by atoms with Gasteiger partial charge in [-0.3, -0.25) is 9.48 Å². The van der Waals surface area contributed by atoms with Crippen molar-refractivity contribution >= 4 is 15.9 Å². The van der Waals surface area contributed by atoms with E-state index in [9.17, 15) is 18.3 Å². The highest BCUT2D eigenvalue weighted by molar-refractivity contribution is 7.89. The molecule has 0 radical (unpaired) electrons. The summed E-state index contributed by atoms with van der Waals surface area (Å²) in [5.74, 6) is 0.997. The number of nitrogens with two attached hydrogens (primary N) is 1. The highest BCUT2D eigenvalue weighted by Crippen LogP contribution is 2.57. The molecule has 3 N–H and O–H groups in total. The van der Waals surface area contributed by atoms with Crippen LogP contribution in [-0.2, 0) is 33.7 Å². The van der Waals surface area contributed by atoms with Gasteiger partial charge in [0.25, 0.3) is 0 Å². The fourth-order valence-electron chi connectivity index (χ4n) is 6.14. The van der Waals surface area contributed by atoms with E-state index in [1.54, 1.807) is 13.1 Å². The SMILES string of the molecule is CC12CCN(C(=O)C3CCCC3)C(Cc3c(O)cccc31)C2(C)C.Cn1cc(S(N)(=O)=O)cn1. The molecule has 0 spiro atoms. The highest BCUT2D eigenvalue weighted by Gasteiger charge is 2.57. The van der Waals surface area contributed by atoms with Crippen molar-refractivity contribution in [3.8, 4) is 5.75 Å². The molecule has 1 saturated carbocycles. The van der Waals surface area contributed by atoms with E-state index in [0.717, 1.165) is 37.8 Å². The Labute approximate surface area is 202 Å². The zero-order chi connectivity index (χ0) is 24.9. The standard InChI is InChI=1S/C21H29NO2.C4H7N3O2S/c1-20(2)18-13-15-16(9-6-10-17(15)23)21(20,3)11-12-22(18)19(24)14-7-4-5-8-14;1-7-3-4(2-6-7)10(5,8)9/h6,9-10,14,18,23H,4-5,7-8,11-13H2,1-3H3;2-3H,1H3,(H2,5,8,9). The average Bonchev–Trinajstić information content (AvgIpc) is 3.43. The fraction of sp³-hybridized carbons (Fsp3) is 0.600. The summed E-state index contributed by atoms with van der Waals surface area (Å²) >= 11 is 0. The number of aromatic nitrogens is 2. The van der Waals surface area contributed by atoms with Gasteiger partial charge in [-0.1, -0.05) is 45.7 Å². The Morgan fingerprint density at radius 2 is 1.88 bits per heavy atom. The van der Waals surface area contributed by atoms with Gasteiger partial charge in [-0.2, -0.15) is 5.10 Å². The van der Waals surface area contributed by atoms with Gasteiger partial charge in [0.2, 0.25) is 15.9 Å². The van der Waals surface area contributed by atoms with Gasteiger partial charge in [-0.05, 0) is 48.3 Å². The molecule has 3 aliphatic rings. The van der Waals surface area contributed by atoms with E-state index in [4.69, 9.17) is 5.14 Å². The molecule has 2 aliphatic carbocycles. The maximum atomic E-state index is 13.2. The van der Waals surface area contributed by atoms with Gasteiger partial charge in [0, 0.05) is 37.2 Å². The molecule has 2 heterocycles. The van der Waals surface area contributed by atoms with Gasteiger partial charge in [-0.15, -0.1) is 0 Å². The van der Waals surface area contributed by atoms with Crippen LogP contribution in [0, 0.1) is 11.3 Å². The van der Waals surface area contributed by atoms with Crippen molar-refractivity contribution in [2.45, 2.75) is 75.6 Å². The number of aromatic hydroxyl groups is 1. The van der Waals surface area contributed by atoms with Gasteiger partial charge in [0.05, 0.1) is 6.20 Å². The minimum absolute atomic E-state index is 0.0104. The number of phenols is 1. The third kappa shape index (κ3) is 4.13. The first kappa shape index (κ1) is 24.7. The maximum Gasteiger partial charge on any atom is 0.241 e. The van der Waals surface area contributed by atoms with Crippen LogP contribution in [0.25, 0.3) is 0 Å². The van der Waals surface area contributed by atoms with E-state index in [1.807, 2.05) is 6.07 Å². The quantitative estimate of drug-likeness (QED) is 0.673. The average molecular weight is 489 g/mol. The number of phenolic OH excluding ortho intramolecular Hbond substituents is 1. The van der Waals surface area contributed by atoms with Crippen molar-refractivity contribution < 1.29 is 18.3 Å². The first-order chi connectivity index (χ1) is 15.9. The molecule has 186 valence electrons. The fourth-order valence-corrected chi connectivity index (χ4v) is 6.64. The zero-order valence-corrected chi connectivity index (χ0v) is 21.3. The van der Waals surface area contributed by atoms with Crippen LogP contribution in [-0.4, -0.2) is 46.7 Å². The Balaban J connectivity index is 0.000000231. The number of carbonyl (C=O) groups is 1. The van der Waals surface area contributed by atoms with Crippen LogP contribution in [0.2, 0.25) is 0 Å². The highest BCUT2D eigenvalue weighted by atomic mass is 32.2. The molecule has 9 heteroatoms. The van der Waals surface area contributed by atoms with E-state index in [2.05, 4.69) is 36.8 Å². The third-order valence-electron chi connectivity index (χ3n) is 8.62. The number of carbonyl (C=O) groups excluding carboxylic acids is 1. The van der Waals surface area contributed by atoms with E-state index in [0.29, 0.717) is 11.7 Å². The molecule has 2 bridgehead atoms. The predicted molar refractivity (Wildman–Crippen MR) is 130 cm³/mol. The molecule has 1 aromatic heterocycles. The van der Waals surface area contributed by atoms with Gasteiger partial charge < -0.3 is 10.0 Å². The minimum atomic E-state index is -3.57. The van der Waals surface area contributed by atoms with Gasteiger partial charge >= 0.3 is 0 Å². The number of nitrogens with zero attached hydrogens (tertiary/aromatic N) is 3. The molecule has 34 heavy (non-hydrogen) atoms. The molecule has 2 aromatic rings. The summed E-state index contributed by atoms with van der Waals surface area (Å²) in [5, 5.41) is 18.9. The summed E-state index contributed by atoms with van der Waals surface area (Å²) < 4.78 is 22.5. The Morgan fingerprint density at radius 3 is 2.44 bits per heavy atom. The number of hydrogen-bond donors (Lipinski definition) is 2. The number of rotatable bonds is 2. The van der Waals surface area contributed by atoms with Crippen LogP contribution in [0.15, 0.2) is 35.5 Å². The lowest BCUT2D eigenvalue weighted by molar-refractivity contribution is -0.148. The van der Waals surface area contributed by atoms with Gasteiger partial charge in [-0.25, -0.2) is 13.6 Å². The largest absolute Gasteiger partial charge is 0.508 e. The van der Waals surface area contributed by atoms with Crippen LogP contribution in [0.1, 0.15) is 64.0 Å². The van der Waals surface area contributed by atoms with Crippen LogP contribution >= 0.6 is 0 Å². The van der Waals surface area contributed by atoms with E-state index in [-0.39, 0.29) is 27.7 Å². The molecular weight excluding hydrogens is 452 g/mol. The number of fused-ring (bicyclic) bond motifs is 4. The van der Waals surface area contributed by atoms with Crippen molar-refractivity contribution in [1.82, 2.24) is 14.7 Å². The zero-order valence-electron chi connectivity index (χ0n) is 20.5. The smallest absolute Gasteiger partial charge is 0.241 e. The molecule has 1 aromatic carbocycles. The lowest BCUT2D eigenvalue weighted by Gasteiger charge is -2.61. The lowest BCUT2D eigenvalue weighted by atomic mass is 9.51. The number of primary sulfonamides is 1. The monoisotopic (exact) mass is 488 g/mol. The van der Waals surface area contributed by atoms with Crippen LogP contribution < -0.4 is 5.14 Å². The Kier molecular flexibility index (Phi) is 6.31. The van der Waals surface area contributed by atoms with E-state index in [1.165, 1.54) is 35.5 Å². The van der Waals surface area contributed by atoms with Crippen LogP contribution in [0.4, 0.5) is 0 Å². The van der Waals surface area contributed by atoms with Crippen LogP contribution in [0.5, 0.6) is 5.75 Å². The van der Waals surface area contributed by atoms with Gasteiger partial charge in [0.1, 0.15) is 10.6 Å². The Morgan fingerprint density at radius 1 is 1.21 bits per heavy atom. The van der Waals surface area contributed by atoms with Crippen molar-refractivity contribution in [3.05, 3.63) is 41.7 Å². The first-order valence-electron chi connectivity index (χ1n) is 12.0. The number of hydrogen-bond acceptors (Lipinski definition) is 5. The molecule has 1 aliphatic heterocycles. The van der Waals surface area contributed by atoms with Crippen molar-refractivity contribution in [2.24, 2.45) is 23.5 Å². The summed E-state index contributed by atoms with van der Waals surface area (Å²) in [6.07, 6.45) is 8.81. The minimum Gasteiger partial charge on any atom is -0.508 e. The number of likely N-dealkylation sites (tertiary alicyclic amines) is 1. The van der Waals surface area contributed by atoms with E-state index >= 15 is 0 Å². The maximum absolute atomic E-state index is 13.2. The summed E-state index contributed by atoms with van der Waals surface area (Å²) in [7, 11) is -1.95. The number of amides is 1.